The lowest BCUT2D eigenvalue weighted by atomic mass is 9.97. The Morgan fingerprint density at radius 2 is 2.00 bits per heavy atom. The summed E-state index contributed by atoms with van der Waals surface area (Å²) in [7, 11) is 0. The molecule has 0 radical (unpaired) electrons. The zero-order chi connectivity index (χ0) is 16.2. The zero-order valence-corrected chi connectivity index (χ0v) is 13.0. The predicted molar refractivity (Wildman–Crippen MR) is 82.2 cm³/mol. The van der Waals surface area contributed by atoms with Crippen LogP contribution in [0.4, 0.5) is 4.39 Å². The van der Waals surface area contributed by atoms with Gasteiger partial charge < -0.3 is 15.0 Å². The fourth-order valence-corrected chi connectivity index (χ4v) is 1.66. The Hall–Kier alpha value is -2.21. The zero-order valence-electron chi connectivity index (χ0n) is 13.0. The quantitative estimate of drug-likeness (QED) is 0.918. The van der Waals surface area contributed by atoms with Crippen molar-refractivity contribution in [2.75, 3.05) is 13.2 Å². The maximum Gasteiger partial charge on any atom is 0.232 e. The maximum atomic E-state index is 12.4. The summed E-state index contributed by atoms with van der Waals surface area (Å²) in [5.41, 5.74) is 6.41. The van der Waals surface area contributed by atoms with Gasteiger partial charge >= 0.3 is 0 Å². The van der Waals surface area contributed by atoms with Gasteiger partial charge in [-0.1, -0.05) is 25.9 Å². The molecule has 0 spiro atoms. The minimum atomic E-state index is -0.189. The summed E-state index contributed by atoms with van der Waals surface area (Å²) < 4.78 is 23.1. The number of rotatable bonds is 5. The Bertz CT molecular complexity index is 642. The molecule has 1 heterocycles. The van der Waals surface area contributed by atoms with Crippen molar-refractivity contribution in [2.45, 2.75) is 26.2 Å². The summed E-state index contributed by atoms with van der Waals surface area (Å²) in [6, 6.07) is 7.20. The third-order valence-corrected chi connectivity index (χ3v) is 3.02. The smallest absolute Gasteiger partial charge is 0.232 e. The molecule has 0 fully saturated rings. The molecule has 0 amide bonds. The summed E-state index contributed by atoms with van der Waals surface area (Å²) in [5.74, 6) is 1.74. The summed E-state index contributed by atoms with van der Waals surface area (Å²) in [6.07, 6.45) is 0.474. The van der Waals surface area contributed by atoms with E-state index in [-0.39, 0.29) is 18.6 Å². The van der Waals surface area contributed by atoms with Crippen LogP contribution in [0.1, 0.15) is 26.7 Å². The molecular weight excluding hydrogens is 285 g/mol. The van der Waals surface area contributed by atoms with Crippen molar-refractivity contribution in [3.63, 3.8) is 0 Å². The van der Waals surface area contributed by atoms with Crippen molar-refractivity contribution in [2.24, 2.45) is 5.73 Å². The van der Waals surface area contributed by atoms with Gasteiger partial charge in [-0.25, -0.2) is 4.39 Å². The van der Waals surface area contributed by atoms with Crippen LogP contribution in [0.2, 0.25) is 0 Å². The normalized spacial score (nSPS) is 12.5. The number of hydrogen-bond acceptors (Lipinski definition) is 5. The minimum Gasteiger partial charge on any atom is -0.489 e. The maximum absolute atomic E-state index is 12.4. The van der Waals surface area contributed by atoms with Gasteiger partial charge in [0.1, 0.15) is 12.4 Å². The number of benzene rings is 1. The molecule has 22 heavy (non-hydrogen) atoms. The van der Waals surface area contributed by atoms with E-state index >= 15 is 0 Å². The molecule has 0 aliphatic carbocycles. The molecule has 5 nitrogen and oxygen atoms in total. The van der Waals surface area contributed by atoms with Gasteiger partial charge in [-0.2, -0.15) is 4.98 Å². The lowest BCUT2D eigenvalue weighted by Gasteiger charge is -2.10. The summed E-state index contributed by atoms with van der Waals surface area (Å²) in [5, 5.41) is 3.98. The molecule has 6 heteroatoms. The first-order valence-corrected chi connectivity index (χ1v) is 6.99. The van der Waals surface area contributed by atoms with Gasteiger partial charge in [-0.15, -0.1) is 0 Å². The molecule has 2 N–H and O–H groups in total. The Morgan fingerprint density at radius 1 is 1.32 bits per heavy atom. The highest BCUT2D eigenvalue weighted by atomic mass is 19.1. The molecule has 0 saturated heterocycles. The molecule has 0 saturated carbocycles. The van der Waals surface area contributed by atoms with Gasteiger partial charge in [0.2, 0.25) is 11.7 Å². The number of aromatic nitrogens is 2. The second-order valence-electron chi connectivity index (χ2n) is 5.96. The lowest BCUT2D eigenvalue weighted by Crippen LogP contribution is -2.11. The van der Waals surface area contributed by atoms with Crippen LogP contribution >= 0.6 is 0 Å². The molecule has 1 aromatic carbocycles. The first kappa shape index (κ1) is 16.2. The summed E-state index contributed by atoms with van der Waals surface area (Å²) in [4.78, 5) is 4.39. The summed E-state index contributed by atoms with van der Waals surface area (Å²) in [6.45, 7) is 6.29. The standard InChI is InChI=1S/C16H20FN3O2/c1-16(2,3)15-19-14(20-22-15)12-4-6-13(7-5-12)21-10-11(8-17)9-18/h4-8H,9-10,18H2,1-3H3/b11-8+. The first-order chi connectivity index (χ1) is 10.4. The number of ether oxygens (including phenoxy) is 1. The van der Waals surface area contributed by atoms with Crippen LogP contribution in [0.25, 0.3) is 11.4 Å². The van der Waals surface area contributed by atoms with Crippen molar-refractivity contribution in [1.82, 2.24) is 10.1 Å². The van der Waals surface area contributed by atoms with Crippen molar-refractivity contribution < 1.29 is 13.7 Å². The van der Waals surface area contributed by atoms with Crippen LogP contribution in [0.5, 0.6) is 5.75 Å². The lowest BCUT2D eigenvalue weighted by molar-refractivity contribution is 0.321. The second-order valence-corrected chi connectivity index (χ2v) is 5.96. The van der Waals surface area contributed by atoms with E-state index in [0.29, 0.717) is 29.4 Å². The van der Waals surface area contributed by atoms with Gasteiger partial charge in [0.15, 0.2) is 0 Å². The number of nitrogens with two attached hydrogens (primary N) is 1. The third-order valence-electron chi connectivity index (χ3n) is 3.02. The SMILES string of the molecule is CC(C)(C)c1nc(-c2ccc(OC/C(=C/F)CN)cc2)no1. The van der Waals surface area contributed by atoms with E-state index in [9.17, 15) is 4.39 Å². The Balaban J connectivity index is 2.07. The Kier molecular flexibility index (Phi) is 4.92. The van der Waals surface area contributed by atoms with Crippen LogP contribution < -0.4 is 10.5 Å². The Labute approximate surface area is 129 Å². The van der Waals surface area contributed by atoms with Crippen molar-refractivity contribution in [1.29, 1.82) is 0 Å². The molecule has 0 aliphatic heterocycles. The van der Waals surface area contributed by atoms with E-state index in [0.717, 1.165) is 5.56 Å². The van der Waals surface area contributed by atoms with E-state index in [4.69, 9.17) is 15.0 Å². The highest BCUT2D eigenvalue weighted by Crippen LogP contribution is 2.25. The molecule has 2 rings (SSSR count). The van der Waals surface area contributed by atoms with E-state index in [1.54, 1.807) is 12.1 Å². The number of hydrogen-bond donors (Lipinski definition) is 1. The molecule has 0 atom stereocenters. The summed E-state index contributed by atoms with van der Waals surface area (Å²) >= 11 is 0. The highest BCUT2D eigenvalue weighted by molar-refractivity contribution is 5.55. The monoisotopic (exact) mass is 305 g/mol. The molecule has 0 aliphatic rings. The van der Waals surface area contributed by atoms with Gasteiger partial charge in [-0.05, 0) is 24.3 Å². The largest absolute Gasteiger partial charge is 0.489 e. The number of nitrogens with zero attached hydrogens (tertiary/aromatic N) is 2. The molecule has 118 valence electrons. The van der Waals surface area contributed by atoms with Gasteiger partial charge in [-0.3, -0.25) is 0 Å². The second kappa shape index (κ2) is 6.70. The fraction of sp³-hybridized carbons (Fsp3) is 0.375. The van der Waals surface area contributed by atoms with Gasteiger partial charge in [0, 0.05) is 23.1 Å². The van der Waals surface area contributed by atoms with Crippen LogP contribution in [-0.2, 0) is 5.41 Å². The van der Waals surface area contributed by atoms with Crippen LogP contribution in [0.15, 0.2) is 40.7 Å². The molecule has 0 unspecified atom stereocenters. The van der Waals surface area contributed by atoms with Gasteiger partial charge in [0.25, 0.3) is 0 Å². The topological polar surface area (TPSA) is 74.2 Å². The number of halogens is 1. The molecule has 0 bridgehead atoms. The van der Waals surface area contributed by atoms with Crippen molar-refractivity contribution in [3.05, 3.63) is 42.1 Å². The minimum absolute atomic E-state index is 0.128. The van der Waals surface area contributed by atoms with Crippen molar-refractivity contribution >= 4 is 0 Å². The first-order valence-electron chi connectivity index (χ1n) is 6.99. The third kappa shape index (κ3) is 3.92. The molecule has 2 aromatic rings. The Morgan fingerprint density at radius 3 is 2.50 bits per heavy atom. The molecule has 1 aromatic heterocycles. The predicted octanol–water partition coefficient (Wildman–Crippen LogP) is 3.23. The van der Waals surface area contributed by atoms with E-state index in [1.165, 1.54) is 0 Å². The van der Waals surface area contributed by atoms with Gasteiger partial charge in [0.05, 0.1) is 6.33 Å². The average molecular weight is 305 g/mol. The van der Waals surface area contributed by atoms with E-state index in [1.807, 2.05) is 32.9 Å². The van der Waals surface area contributed by atoms with Crippen LogP contribution in [-0.4, -0.2) is 23.3 Å². The van der Waals surface area contributed by atoms with Crippen LogP contribution in [0.3, 0.4) is 0 Å². The van der Waals surface area contributed by atoms with Crippen LogP contribution in [0, 0.1) is 0 Å². The average Bonchev–Trinajstić information content (AvgIpc) is 2.99. The fourth-order valence-electron chi connectivity index (χ4n) is 1.66. The van der Waals surface area contributed by atoms with E-state index in [2.05, 4.69) is 10.1 Å². The highest BCUT2D eigenvalue weighted by Gasteiger charge is 2.22. The van der Waals surface area contributed by atoms with Crippen molar-refractivity contribution in [3.8, 4) is 17.1 Å². The molecular formula is C16H20FN3O2. The van der Waals surface area contributed by atoms with E-state index < -0.39 is 0 Å².